The molecule has 0 bridgehead atoms. The van der Waals surface area contributed by atoms with E-state index in [2.05, 4.69) is 34.4 Å². The van der Waals surface area contributed by atoms with Gasteiger partial charge in [0, 0.05) is 13.1 Å². The number of aliphatic imine (C=N–C) groups is 1. The minimum Gasteiger partial charge on any atom is -0.388 e. The molecule has 24 heavy (non-hydrogen) atoms. The molecule has 1 aliphatic rings. The van der Waals surface area contributed by atoms with Gasteiger partial charge in [0.05, 0.1) is 12.1 Å². The lowest BCUT2D eigenvalue weighted by atomic mass is 9.98. The van der Waals surface area contributed by atoms with Crippen LogP contribution in [0.15, 0.2) is 4.99 Å². The lowest BCUT2D eigenvalue weighted by molar-refractivity contribution is 0.0418. The third-order valence-electron chi connectivity index (χ3n) is 5.01. The number of hydrogen-bond donors (Lipinski definition) is 3. The van der Waals surface area contributed by atoms with Gasteiger partial charge in [0.25, 0.3) is 0 Å². The zero-order chi connectivity index (χ0) is 17.1. The van der Waals surface area contributed by atoms with E-state index in [-0.39, 0.29) is 24.0 Å². The molecule has 0 unspecified atom stereocenters. The van der Waals surface area contributed by atoms with Crippen molar-refractivity contribution >= 4 is 29.9 Å². The van der Waals surface area contributed by atoms with Crippen LogP contribution in [0.1, 0.15) is 59.8 Å². The van der Waals surface area contributed by atoms with Crippen LogP contribution in [0.5, 0.6) is 0 Å². The highest BCUT2D eigenvalue weighted by molar-refractivity contribution is 14.0. The molecule has 0 aliphatic carbocycles. The molecule has 0 saturated carbocycles. The van der Waals surface area contributed by atoms with Crippen molar-refractivity contribution in [2.75, 3.05) is 39.3 Å². The van der Waals surface area contributed by atoms with E-state index in [1.165, 1.54) is 25.9 Å². The first-order valence-electron chi connectivity index (χ1n) is 9.50. The van der Waals surface area contributed by atoms with Crippen LogP contribution < -0.4 is 10.6 Å². The molecule has 6 heteroatoms. The van der Waals surface area contributed by atoms with E-state index in [4.69, 9.17) is 0 Å². The van der Waals surface area contributed by atoms with Crippen molar-refractivity contribution in [3.8, 4) is 0 Å². The molecule has 0 amide bonds. The Morgan fingerprint density at radius 2 is 1.79 bits per heavy atom. The number of rotatable bonds is 9. The summed E-state index contributed by atoms with van der Waals surface area (Å²) in [5, 5.41) is 17.0. The number of aliphatic hydroxyl groups is 1. The molecule has 3 N–H and O–H groups in total. The molecule has 5 nitrogen and oxygen atoms in total. The van der Waals surface area contributed by atoms with Gasteiger partial charge >= 0.3 is 0 Å². The maximum absolute atomic E-state index is 10.3. The highest BCUT2D eigenvalue weighted by Crippen LogP contribution is 2.16. The van der Waals surface area contributed by atoms with Gasteiger partial charge < -0.3 is 20.6 Å². The summed E-state index contributed by atoms with van der Waals surface area (Å²) in [5.74, 6) is 1.72. The zero-order valence-electron chi connectivity index (χ0n) is 16.1. The Balaban J connectivity index is 0.00000529. The van der Waals surface area contributed by atoms with Crippen LogP contribution in [0.25, 0.3) is 0 Å². The maximum Gasteiger partial charge on any atom is 0.191 e. The maximum atomic E-state index is 10.3. The Bertz CT molecular complexity index is 340. The minimum atomic E-state index is -0.674. The molecule has 144 valence electrons. The third kappa shape index (κ3) is 9.42. The second-order valence-electron chi connectivity index (χ2n) is 6.93. The summed E-state index contributed by atoms with van der Waals surface area (Å²) in [7, 11) is 0. The van der Waals surface area contributed by atoms with E-state index < -0.39 is 5.60 Å². The Labute approximate surface area is 166 Å². The quantitative estimate of drug-likeness (QED) is 0.217. The standard InChI is InChI=1S/C18H38N4O.HI/c1-5-18(23,6-2)15-21-17(19-7-3)20-11-8-12-22-13-9-16(4)10-14-22;/h16,23H,5-15H2,1-4H3,(H2,19,20,21);1H. The molecule has 1 saturated heterocycles. The van der Waals surface area contributed by atoms with Gasteiger partial charge in [-0.3, -0.25) is 4.99 Å². The highest BCUT2D eigenvalue weighted by atomic mass is 127. The molecule has 0 radical (unpaired) electrons. The van der Waals surface area contributed by atoms with Gasteiger partial charge in [-0.15, -0.1) is 24.0 Å². The first kappa shape index (κ1) is 23.9. The van der Waals surface area contributed by atoms with E-state index in [0.29, 0.717) is 6.54 Å². The number of nitrogens with zero attached hydrogens (tertiary/aromatic N) is 2. The molecule has 0 spiro atoms. The van der Waals surface area contributed by atoms with Gasteiger partial charge in [-0.2, -0.15) is 0 Å². The van der Waals surface area contributed by atoms with Crippen molar-refractivity contribution in [2.24, 2.45) is 10.9 Å². The van der Waals surface area contributed by atoms with Crippen molar-refractivity contribution < 1.29 is 5.11 Å². The largest absolute Gasteiger partial charge is 0.388 e. The Hall–Kier alpha value is -0.0800. The second-order valence-corrected chi connectivity index (χ2v) is 6.93. The number of nitrogens with one attached hydrogen (secondary N) is 2. The normalized spacial score (nSPS) is 17.5. The fraction of sp³-hybridized carbons (Fsp3) is 0.944. The summed E-state index contributed by atoms with van der Waals surface area (Å²) in [6.07, 6.45) is 5.28. The third-order valence-corrected chi connectivity index (χ3v) is 5.01. The Morgan fingerprint density at radius 3 is 2.33 bits per heavy atom. The van der Waals surface area contributed by atoms with Gasteiger partial charge in [-0.25, -0.2) is 0 Å². The molecule has 0 aromatic rings. The van der Waals surface area contributed by atoms with Crippen LogP contribution in [-0.4, -0.2) is 60.8 Å². The van der Waals surface area contributed by atoms with E-state index in [1.807, 2.05) is 13.8 Å². The number of piperidine rings is 1. The molecule has 1 rings (SSSR count). The minimum absolute atomic E-state index is 0. The van der Waals surface area contributed by atoms with Crippen molar-refractivity contribution in [2.45, 2.75) is 65.4 Å². The first-order valence-corrected chi connectivity index (χ1v) is 9.50. The molecular weight excluding hydrogens is 415 g/mol. The molecule has 0 aromatic heterocycles. The lowest BCUT2D eigenvalue weighted by Gasteiger charge is -2.30. The van der Waals surface area contributed by atoms with Crippen LogP contribution in [0.4, 0.5) is 0 Å². The van der Waals surface area contributed by atoms with Gasteiger partial charge in [-0.05, 0) is 64.6 Å². The number of guanidine groups is 1. The molecule has 0 aromatic carbocycles. The van der Waals surface area contributed by atoms with E-state index >= 15 is 0 Å². The molecular formula is C18H39IN4O. The Kier molecular flexibility index (Phi) is 13.1. The predicted molar refractivity (Wildman–Crippen MR) is 114 cm³/mol. The second kappa shape index (κ2) is 13.2. The highest BCUT2D eigenvalue weighted by Gasteiger charge is 2.21. The monoisotopic (exact) mass is 454 g/mol. The molecule has 1 fully saturated rings. The summed E-state index contributed by atoms with van der Waals surface area (Å²) in [5.41, 5.74) is -0.674. The van der Waals surface area contributed by atoms with Crippen molar-refractivity contribution in [1.82, 2.24) is 15.5 Å². The average Bonchev–Trinajstić information content (AvgIpc) is 2.57. The number of likely N-dealkylation sites (tertiary alicyclic amines) is 1. The van der Waals surface area contributed by atoms with Crippen LogP contribution in [0.2, 0.25) is 0 Å². The fourth-order valence-electron chi connectivity index (χ4n) is 2.84. The smallest absolute Gasteiger partial charge is 0.191 e. The topological polar surface area (TPSA) is 59.9 Å². The number of hydrogen-bond acceptors (Lipinski definition) is 3. The predicted octanol–water partition coefficient (Wildman–Crippen LogP) is 2.83. The SMILES string of the molecule is CCNC(=NCC(O)(CC)CC)NCCCN1CCC(C)CC1.I. The van der Waals surface area contributed by atoms with E-state index in [1.54, 1.807) is 0 Å². The van der Waals surface area contributed by atoms with Gasteiger partial charge in [0.2, 0.25) is 0 Å². The Morgan fingerprint density at radius 1 is 1.17 bits per heavy atom. The zero-order valence-corrected chi connectivity index (χ0v) is 18.4. The summed E-state index contributed by atoms with van der Waals surface area (Å²) in [4.78, 5) is 7.12. The summed E-state index contributed by atoms with van der Waals surface area (Å²) in [6.45, 7) is 14.3. The van der Waals surface area contributed by atoms with Crippen molar-refractivity contribution in [3.05, 3.63) is 0 Å². The van der Waals surface area contributed by atoms with E-state index in [0.717, 1.165) is 50.8 Å². The molecule has 1 aliphatic heterocycles. The van der Waals surface area contributed by atoms with Crippen LogP contribution >= 0.6 is 24.0 Å². The van der Waals surface area contributed by atoms with Crippen LogP contribution in [0.3, 0.4) is 0 Å². The van der Waals surface area contributed by atoms with E-state index in [9.17, 15) is 5.11 Å². The lowest BCUT2D eigenvalue weighted by Crippen LogP contribution is -2.41. The summed E-state index contributed by atoms with van der Waals surface area (Å²) in [6, 6.07) is 0. The fourth-order valence-corrected chi connectivity index (χ4v) is 2.84. The molecule has 1 heterocycles. The van der Waals surface area contributed by atoms with Gasteiger partial charge in [0.1, 0.15) is 0 Å². The van der Waals surface area contributed by atoms with Gasteiger partial charge in [-0.1, -0.05) is 20.8 Å². The van der Waals surface area contributed by atoms with Crippen LogP contribution in [0, 0.1) is 5.92 Å². The van der Waals surface area contributed by atoms with Crippen molar-refractivity contribution in [1.29, 1.82) is 0 Å². The van der Waals surface area contributed by atoms with Gasteiger partial charge in [0.15, 0.2) is 5.96 Å². The summed E-state index contributed by atoms with van der Waals surface area (Å²) >= 11 is 0. The molecule has 0 atom stereocenters. The first-order chi connectivity index (χ1) is 11.0. The number of halogens is 1. The average molecular weight is 454 g/mol. The summed E-state index contributed by atoms with van der Waals surface area (Å²) < 4.78 is 0. The van der Waals surface area contributed by atoms with Crippen molar-refractivity contribution in [3.63, 3.8) is 0 Å². The van der Waals surface area contributed by atoms with Crippen LogP contribution in [-0.2, 0) is 0 Å².